The summed E-state index contributed by atoms with van der Waals surface area (Å²) in [5.74, 6) is 1.95. The van der Waals surface area contributed by atoms with Crippen molar-refractivity contribution in [3.8, 4) is 0 Å². The SMILES string of the molecule is Cc1noc(C)c1CN1C[C@H]2CC[C@@H](C1)N(C(=O)c1cn3cccnc3n1)C2. The van der Waals surface area contributed by atoms with E-state index < -0.39 is 0 Å². The number of carbonyl (C=O) groups excluding carboxylic acids is 1. The van der Waals surface area contributed by atoms with E-state index in [4.69, 9.17) is 4.52 Å². The molecule has 8 heteroatoms. The number of amides is 1. The summed E-state index contributed by atoms with van der Waals surface area (Å²) in [4.78, 5) is 26.4. The van der Waals surface area contributed by atoms with Gasteiger partial charge in [0.05, 0.1) is 5.69 Å². The van der Waals surface area contributed by atoms with Crippen molar-refractivity contribution >= 4 is 11.7 Å². The van der Waals surface area contributed by atoms with Crippen molar-refractivity contribution in [3.05, 3.63) is 47.4 Å². The Labute approximate surface area is 163 Å². The van der Waals surface area contributed by atoms with Crippen molar-refractivity contribution in [2.75, 3.05) is 19.6 Å². The third-order valence-corrected chi connectivity index (χ3v) is 6.07. The van der Waals surface area contributed by atoms with Gasteiger partial charge in [-0.1, -0.05) is 5.16 Å². The number of fused-ring (bicyclic) bond motifs is 5. The molecule has 146 valence electrons. The first-order valence-corrected chi connectivity index (χ1v) is 9.83. The zero-order chi connectivity index (χ0) is 19.3. The Bertz CT molecular complexity index is 972. The van der Waals surface area contributed by atoms with Crippen molar-refractivity contribution in [3.63, 3.8) is 0 Å². The standard InChI is InChI=1S/C20H24N6O2/c1-13-17(14(2)28-23-13)11-24-8-15-4-5-16(10-24)26(9-15)19(27)18-12-25-7-3-6-21-20(25)22-18/h3,6-7,12,15-16H,4-5,8-11H2,1-2H3/t15-,16+/m1/s1. The van der Waals surface area contributed by atoms with E-state index in [1.54, 1.807) is 16.8 Å². The minimum absolute atomic E-state index is 0.0133. The lowest BCUT2D eigenvalue weighted by atomic mass is 9.95. The van der Waals surface area contributed by atoms with Crippen LogP contribution in [-0.2, 0) is 6.54 Å². The van der Waals surface area contributed by atoms with Gasteiger partial charge in [-0.2, -0.15) is 0 Å². The van der Waals surface area contributed by atoms with Gasteiger partial charge in [-0.15, -0.1) is 0 Å². The largest absolute Gasteiger partial charge is 0.361 e. The number of hydrogen-bond acceptors (Lipinski definition) is 6. The smallest absolute Gasteiger partial charge is 0.274 e. The molecule has 1 amide bonds. The maximum absolute atomic E-state index is 13.2. The number of carbonyl (C=O) groups is 1. The Morgan fingerprint density at radius 3 is 2.93 bits per heavy atom. The van der Waals surface area contributed by atoms with Crippen molar-refractivity contribution < 1.29 is 9.32 Å². The molecule has 3 aliphatic rings. The van der Waals surface area contributed by atoms with Crippen LogP contribution in [0.2, 0.25) is 0 Å². The summed E-state index contributed by atoms with van der Waals surface area (Å²) in [5, 5.41) is 4.08. The average molecular weight is 380 g/mol. The Morgan fingerprint density at radius 1 is 1.25 bits per heavy atom. The fraction of sp³-hybridized carbons (Fsp3) is 0.500. The number of nitrogens with zero attached hydrogens (tertiary/aromatic N) is 6. The summed E-state index contributed by atoms with van der Waals surface area (Å²) in [6.45, 7) is 7.45. The van der Waals surface area contributed by atoms with E-state index in [9.17, 15) is 4.79 Å². The van der Waals surface area contributed by atoms with Gasteiger partial charge in [0.15, 0.2) is 0 Å². The van der Waals surface area contributed by atoms with Gasteiger partial charge in [-0.05, 0) is 38.7 Å². The number of imidazole rings is 1. The highest BCUT2D eigenvalue weighted by Gasteiger charge is 2.38. The molecule has 0 aliphatic carbocycles. The van der Waals surface area contributed by atoms with E-state index in [1.165, 1.54) is 12.0 Å². The Morgan fingerprint density at radius 2 is 2.14 bits per heavy atom. The molecule has 3 aromatic heterocycles. The lowest BCUT2D eigenvalue weighted by Gasteiger charge is -2.35. The number of hydrogen-bond donors (Lipinski definition) is 0. The molecule has 28 heavy (non-hydrogen) atoms. The molecule has 0 saturated carbocycles. The van der Waals surface area contributed by atoms with E-state index in [2.05, 4.69) is 20.0 Å². The van der Waals surface area contributed by atoms with Crippen molar-refractivity contribution in [2.24, 2.45) is 5.92 Å². The van der Waals surface area contributed by atoms with Crippen LogP contribution in [0.5, 0.6) is 0 Å². The minimum atomic E-state index is 0.0133. The van der Waals surface area contributed by atoms with Gasteiger partial charge in [0.2, 0.25) is 5.78 Å². The van der Waals surface area contributed by atoms with Crippen LogP contribution in [0.4, 0.5) is 0 Å². The first kappa shape index (κ1) is 17.4. The van der Waals surface area contributed by atoms with Gasteiger partial charge < -0.3 is 9.42 Å². The molecule has 3 aromatic rings. The lowest BCUT2D eigenvalue weighted by molar-refractivity contribution is 0.0579. The summed E-state index contributed by atoms with van der Waals surface area (Å²) < 4.78 is 7.12. The van der Waals surface area contributed by atoms with Gasteiger partial charge in [-0.3, -0.25) is 14.1 Å². The summed E-state index contributed by atoms with van der Waals surface area (Å²) in [5.41, 5.74) is 2.60. The van der Waals surface area contributed by atoms with E-state index in [0.717, 1.165) is 44.1 Å². The van der Waals surface area contributed by atoms with E-state index >= 15 is 0 Å². The molecule has 6 rings (SSSR count). The third-order valence-electron chi connectivity index (χ3n) is 6.07. The quantitative estimate of drug-likeness (QED) is 0.692. The van der Waals surface area contributed by atoms with Gasteiger partial charge in [-0.25, -0.2) is 9.97 Å². The zero-order valence-electron chi connectivity index (χ0n) is 16.2. The predicted octanol–water partition coefficient (Wildman–Crippen LogP) is 2.07. The summed E-state index contributed by atoms with van der Waals surface area (Å²) in [6, 6.07) is 2.05. The van der Waals surface area contributed by atoms with Gasteiger partial charge in [0.1, 0.15) is 11.5 Å². The molecule has 8 nitrogen and oxygen atoms in total. The molecule has 0 radical (unpaired) electrons. The summed E-state index contributed by atoms with van der Waals surface area (Å²) >= 11 is 0. The number of aromatic nitrogens is 4. The number of piperidine rings is 1. The Balaban J connectivity index is 1.37. The minimum Gasteiger partial charge on any atom is -0.361 e. The number of rotatable bonds is 3. The van der Waals surface area contributed by atoms with E-state index in [-0.39, 0.29) is 11.9 Å². The number of aryl methyl sites for hydroxylation is 2. The van der Waals surface area contributed by atoms with Crippen LogP contribution in [0.3, 0.4) is 0 Å². The van der Waals surface area contributed by atoms with Crippen LogP contribution in [0.15, 0.2) is 29.2 Å². The molecule has 0 spiro atoms. The van der Waals surface area contributed by atoms with Gasteiger partial charge in [0.25, 0.3) is 5.91 Å². The van der Waals surface area contributed by atoms with Crippen LogP contribution in [0, 0.1) is 19.8 Å². The molecule has 2 bridgehead atoms. The molecule has 3 fully saturated rings. The Kier molecular flexibility index (Phi) is 4.16. The molecule has 6 heterocycles. The lowest BCUT2D eigenvalue weighted by Crippen LogP contribution is -2.47. The van der Waals surface area contributed by atoms with Crippen LogP contribution in [-0.4, -0.2) is 60.9 Å². The van der Waals surface area contributed by atoms with E-state index in [1.807, 2.05) is 31.0 Å². The molecular formula is C20H24N6O2. The second-order valence-corrected chi connectivity index (χ2v) is 8.00. The van der Waals surface area contributed by atoms with Crippen molar-refractivity contribution in [2.45, 2.75) is 39.3 Å². The average Bonchev–Trinajstić information content (AvgIpc) is 3.13. The molecular weight excluding hydrogens is 356 g/mol. The fourth-order valence-electron chi connectivity index (χ4n) is 4.59. The van der Waals surface area contributed by atoms with Gasteiger partial charge in [0, 0.05) is 56.4 Å². The van der Waals surface area contributed by atoms with Crippen LogP contribution >= 0.6 is 0 Å². The van der Waals surface area contributed by atoms with Crippen LogP contribution < -0.4 is 0 Å². The highest BCUT2D eigenvalue weighted by Crippen LogP contribution is 2.30. The third kappa shape index (κ3) is 2.97. The monoisotopic (exact) mass is 380 g/mol. The topological polar surface area (TPSA) is 79.8 Å². The van der Waals surface area contributed by atoms with Crippen LogP contribution in [0.25, 0.3) is 5.78 Å². The Hall–Kier alpha value is -2.74. The highest BCUT2D eigenvalue weighted by atomic mass is 16.5. The second-order valence-electron chi connectivity index (χ2n) is 8.00. The maximum atomic E-state index is 13.2. The summed E-state index contributed by atoms with van der Waals surface area (Å²) in [6.07, 6.45) is 7.55. The molecule has 0 unspecified atom stereocenters. The molecule has 0 N–H and O–H groups in total. The molecule has 3 aliphatic heterocycles. The molecule has 3 saturated heterocycles. The zero-order valence-corrected chi connectivity index (χ0v) is 16.2. The normalized spacial score (nSPS) is 22.7. The summed E-state index contributed by atoms with van der Waals surface area (Å²) in [7, 11) is 0. The van der Waals surface area contributed by atoms with Crippen LogP contribution in [0.1, 0.15) is 40.3 Å². The first-order chi connectivity index (χ1) is 13.6. The molecule has 0 aromatic carbocycles. The van der Waals surface area contributed by atoms with E-state index in [0.29, 0.717) is 17.4 Å². The predicted molar refractivity (Wildman–Crippen MR) is 102 cm³/mol. The van der Waals surface area contributed by atoms with Crippen molar-refractivity contribution in [1.82, 2.24) is 29.3 Å². The second kappa shape index (κ2) is 6.70. The van der Waals surface area contributed by atoms with Crippen molar-refractivity contribution in [1.29, 1.82) is 0 Å². The molecule has 2 atom stereocenters. The highest BCUT2D eigenvalue weighted by molar-refractivity contribution is 5.93. The maximum Gasteiger partial charge on any atom is 0.274 e. The first-order valence-electron chi connectivity index (χ1n) is 9.83. The van der Waals surface area contributed by atoms with Gasteiger partial charge >= 0.3 is 0 Å². The fourth-order valence-corrected chi connectivity index (χ4v) is 4.59.